The van der Waals surface area contributed by atoms with Crippen molar-refractivity contribution in [2.24, 2.45) is 0 Å². The fourth-order valence-corrected chi connectivity index (χ4v) is 3.97. The van der Waals surface area contributed by atoms with Crippen LogP contribution in [0, 0.1) is 0 Å². The van der Waals surface area contributed by atoms with Crippen molar-refractivity contribution in [1.29, 1.82) is 0 Å². The Balaban J connectivity index is 0.000000229. The first-order valence-corrected chi connectivity index (χ1v) is 11.2. The first-order chi connectivity index (χ1) is 16.2. The van der Waals surface area contributed by atoms with Crippen LogP contribution in [-0.2, 0) is 21.8 Å². The van der Waals surface area contributed by atoms with Gasteiger partial charge in [-0.15, -0.1) is 0 Å². The minimum atomic E-state index is -1.06. The number of benzene rings is 2. The van der Waals surface area contributed by atoms with Crippen LogP contribution in [0.15, 0.2) is 55.1 Å². The molecule has 4 rings (SSSR count). The number of hydrogen-bond donors (Lipinski definition) is 2. The summed E-state index contributed by atoms with van der Waals surface area (Å²) >= 11 is 12.4. The molecule has 1 saturated heterocycles. The number of carboxylic acids is 2. The largest absolute Gasteiger partial charge is 0.478 e. The van der Waals surface area contributed by atoms with Crippen LogP contribution in [0.1, 0.15) is 46.0 Å². The highest BCUT2D eigenvalue weighted by molar-refractivity contribution is 6.35. The molecule has 9 nitrogen and oxygen atoms in total. The number of aromatic carboxylic acids is 2. The summed E-state index contributed by atoms with van der Waals surface area (Å²) in [7, 11) is 0. The Kier molecular flexibility index (Phi) is 8.62. The molecule has 2 heterocycles. The minimum absolute atomic E-state index is 0.0419. The molecule has 1 aliphatic rings. The molecule has 0 saturated carbocycles. The predicted molar refractivity (Wildman–Crippen MR) is 124 cm³/mol. The van der Waals surface area contributed by atoms with Gasteiger partial charge in [-0.25, -0.2) is 19.3 Å². The van der Waals surface area contributed by atoms with Crippen LogP contribution in [0.5, 0.6) is 0 Å². The van der Waals surface area contributed by atoms with E-state index < -0.39 is 17.7 Å². The minimum Gasteiger partial charge on any atom is -0.478 e. The van der Waals surface area contributed by atoms with Crippen LogP contribution in [0.25, 0.3) is 0 Å². The summed E-state index contributed by atoms with van der Waals surface area (Å²) in [4.78, 5) is 24.6. The molecule has 0 bridgehead atoms. The molecule has 1 aromatic heterocycles. The summed E-state index contributed by atoms with van der Waals surface area (Å²) in [5.74, 6) is -3.09. The standard InChI is InChI=1S/C15H17Cl2N3O2.C8H6O4/c1-2-3-12-7-21-15(22-12,8-20-10-18-9-19-20)13-5-4-11(16)6-14(13)17;9-7(10)5-1-2-6(4-3-5)8(11)12/h4-6,9-10,12H,2-3,7-8H2,1H3;1-4H,(H,9,10)(H,11,12). The molecule has 2 aromatic carbocycles. The first-order valence-electron chi connectivity index (χ1n) is 10.4. The van der Waals surface area contributed by atoms with Crippen molar-refractivity contribution in [3.63, 3.8) is 0 Å². The molecule has 3 aromatic rings. The van der Waals surface area contributed by atoms with Gasteiger partial charge in [0.2, 0.25) is 5.79 Å². The third-order valence-electron chi connectivity index (χ3n) is 5.03. The van der Waals surface area contributed by atoms with E-state index in [4.69, 9.17) is 42.9 Å². The third-order valence-corrected chi connectivity index (χ3v) is 5.57. The zero-order valence-electron chi connectivity index (χ0n) is 18.2. The Labute approximate surface area is 205 Å². The monoisotopic (exact) mass is 507 g/mol. The third kappa shape index (κ3) is 6.32. The van der Waals surface area contributed by atoms with E-state index in [1.54, 1.807) is 23.1 Å². The lowest BCUT2D eigenvalue weighted by Gasteiger charge is -2.29. The molecular weight excluding hydrogens is 485 g/mol. The van der Waals surface area contributed by atoms with E-state index in [9.17, 15) is 9.59 Å². The van der Waals surface area contributed by atoms with E-state index in [-0.39, 0.29) is 17.2 Å². The molecule has 0 amide bonds. The molecule has 2 unspecified atom stereocenters. The SMILES string of the molecule is CCCC1COC(Cn2cncn2)(c2ccc(Cl)cc2Cl)O1.O=C(O)c1ccc(C(=O)O)cc1. The number of halogens is 2. The van der Waals surface area contributed by atoms with E-state index in [1.165, 1.54) is 30.6 Å². The maximum atomic E-state index is 10.3. The van der Waals surface area contributed by atoms with E-state index in [0.29, 0.717) is 23.2 Å². The van der Waals surface area contributed by atoms with Crippen LogP contribution in [-0.4, -0.2) is 49.6 Å². The lowest BCUT2D eigenvalue weighted by Crippen LogP contribution is -2.34. The van der Waals surface area contributed by atoms with Gasteiger partial charge < -0.3 is 19.7 Å². The highest BCUT2D eigenvalue weighted by atomic mass is 35.5. The summed E-state index contributed by atoms with van der Waals surface area (Å²) in [5.41, 5.74) is 0.924. The predicted octanol–water partition coefficient (Wildman–Crippen LogP) is 4.74. The van der Waals surface area contributed by atoms with Crippen molar-refractivity contribution in [2.45, 2.75) is 38.2 Å². The number of hydrogen-bond acceptors (Lipinski definition) is 6. The Bertz CT molecular complexity index is 1090. The second-order valence-corrected chi connectivity index (χ2v) is 8.34. The van der Waals surface area contributed by atoms with Crippen molar-refractivity contribution in [3.8, 4) is 0 Å². The van der Waals surface area contributed by atoms with E-state index in [2.05, 4.69) is 17.0 Å². The van der Waals surface area contributed by atoms with Gasteiger partial charge in [0.15, 0.2) is 0 Å². The maximum Gasteiger partial charge on any atom is 0.335 e. The van der Waals surface area contributed by atoms with Gasteiger partial charge in [-0.3, -0.25) is 0 Å². The molecule has 2 N–H and O–H groups in total. The van der Waals surface area contributed by atoms with Crippen molar-refractivity contribution < 1.29 is 29.3 Å². The van der Waals surface area contributed by atoms with Gasteiger partial charge in [0.05, 0.1) is 28.9 Å². The number of aromatic nitrogens is 3. The number of carbonyl (C=O) groups is 2. The van der Waals surface area contributed by atoms with Crippen LogP contribution >= 0.6 is 23.2 Å². The molecule has 1 aliphatic heterocycles. The molecule has 1 fully saturated rings. The summed E-state index contributed by atoms with van der Waals surface area (Å²) in [6.07, 6.45) is 5.12. The number of carboxylic acid groups (broad SMARTS) is 2. The highest BCUT2D eigenvalue weighted by Gasteiger charge is 2.45. The van der Waals surface area contributed by atoms with Crippen LogP contribution < -0.4 is 0 Å². The first kappa shape index (κ1) is 25.6. The maximum absolute atomic E-state index is 10.3. The van der Waals surface area contributed by atoms with Gasteiger partial charge in [0, 0.05) is 10.6 Å². The van der Waals surface area contributed by atoms with Gasteiger partial charge in [-0.1, -0.05) is 42.6 Å². The number of nitrogens with zero attached hydrogens (tertiary/aromatic N) is 3. The van der Waals surface area contributed by atoms with Crippen LogP contribution in [0.2, 0.25) is 10.0 Å². The highest BCUT2D eigenvalue weighted by Crippen LogP contribution is 2.41. The summed E-state index contributed by atoms with van der Waals surface area (Å²) < 4.78 is 14.0. The Hall–Kier alpha value is -2.98. The Morgan fingerprint density at radius 3 is 2.26 bits per heavy atom. The molecule has 2 atom stereocenters. The fourth-order valence-electron chi connectivity index (χ4n) is 3.42. The van der Waals surface area contributed by atoms with Crippen molar-refractivity contribution in [1.82, 2.24) is 14.8 Å². The van der Waals surface area contributed by atoms with Gasteiger partial charge in [-0.05, 0) is 42.8 Å². The van der Waals surface area contributed by atoms with Gasteiger partial charge in [0.1, 0.15) is 19.2 Å². The van der Waals surface area contributed by atoms with Crippen molar-refractivity contribution in [3.05, 3.63) is 81.9 Å². The average molecular weight is 508 g/mol. The molecule has 34 heavy (non-hydrogen) atoms. The van der Waals surface area contributed by atoms with E-state index >= 15 is 0 Å². The zero-order valence-corrected chi connectivity index (χ0v) is 19.7. The average Bonchev–Trinajstić information content (AvgIpc) is 3.45. The summed E-state index contributed by atoms with van der Waals surface area (Å²) in [6, 6.07) is 10.3. The second-order valence-electron chi connectivity index (χ2n) is 7.50. The lowest BCUT2D eigenvalue weighted by molar-refractivity contribution is -0.189. The molecule has 180 valence electrons. The van der Waals surface area contributed by atoms with Crippen molar-refractivity contribution >= 4 is 35.1 Å². The topological polar surface area (TPSA) is 124 Å². The van der Waals surface area contributed by atoms with Crippen molar-refractivity contribution in [2.75, 3.05) is 6.61 Å². The number of ether oxygens (including phenoxy) is 2. The summed E-state index contributed by atoms with van der Waals surface area (Å²) in [6.45, 7) is 3.03. The molecule has 11 heteroatoms. The number of rotatable bonds is 7. The van der Waals surface area contributed by atoms with E-state index in [1.807, 2.05) is 6.07 Å². The van der Waals surface area contributed by atoms with Gasteiger partial charge in [0.25, 0.3) is 0 Å². The fraction of sp³-hybridized carbons (Fsp3) is 0.304. The molecule has 0 spiro atoms. The smallest absolute Gasteiger partial charge is 0.335 e. The zero-order chi connectivity index (χ0) is 24.7. The summed E-state index contributed by atoms with van der Waals surface area (Å²) in [5, 5.41) is 22.2. The normalized spacial score (nSPS) is 19.3. The van der Waals surface area contributed by atoms with E-state index in [0.717, 1.165) is 18.4 Å². The molecular formula is C23H23Cl2N3O6. The quantitative estimate of drug-likeness (QED) is 0.469. The Morgan fingerprint density at radius 2 is 1.76 bits per heavy atom. The van der Waals surface area contributed by atoms with Gasteiger partial charge >= 0.3 is 11.9 Å². The molecule has 0 radical (unpaired) electrons. The van der Waals surface area contributed by atoms with Gasteiger partial charge in [-0.2, -0.15) is 5.10 Å². The van der Waals surface area contributed by atoms with Crippen LogP contribution in [0.4, 0.5) is 0 Å². The Morgan fingerprint density at radius 1 is 1.12 bits per heavy atom. The van der Waals surface area contributed by atoms with Crippen LogP contribution in [0.3, 0.4) is 0 Å². The second kappa shape index (κ2) is 11.4. The lowest BCUT2D eigenvalue weighted by atomic mass is 10.1. The molecule has 0 aliphatic carbocycles.